The average molecular weight is 216 g/mol. The van der Waals surface area contributed by atoms with Gasteiger partial charge in [-0.2, -0.15) is 5.10 Å². The predicted molar refractivity (Wildman–Crippen MR) is 62.9 cm³/mol. The van der Waals surface area contributed by atoms with Gasteiger partial charge in [0.1, 0.15) is 11.6 Å². The van der Waals surface area contributed by atoms with Gasteiger partial charge in [0.15, 0.2) is 0 Å². The molecule has 2 rings (SSSR count). The van der Waals surface area contributed by atoms with Crippen LogP contribution >= 0.6 is 0 Å². The molecule has 0 bridgehead atoms. The lowest BCUT2D eigenvalue weighted by Gasteiger charge is -2.05. The highest BCUT2D eigenvalue weighted by Gasteiger charge is 2.03. The molecule has 4 heteroatoms. The van der Waals surface area contributed by atoms with E-state index in [1.54, 1.807) is 0 Å². The first-order valence-corrected chi connectivity index (χ1v) is 5.35. The summed E-state index contributed by atoms with van der Waals surface area (Å²) in [6.07, 6.45) is 0. The maximum absolute atomic E-state index is 5.61. The number of hydrogen-bond donors (Lipinski definition) is 1. The Kier molecular flexibility index (Phi) is 3.01. The van der Waals surface area contributed by atoms with Crippen molar-refractivity contribution < 1.29 is 0 Å². The number of aromatic nitrogens is 3. The van der Waals surface area contributed by atoms with Gasteiger partial charge in [-0.15, -0.1) is 0 Å². The molecule has 2 N–H and O–H groups in total. The van der Waals surface area contributed by atoms with Crippen LogP contribution in [0.15, 0.2) is 24.3 Å². The van der Waals surface area contributed by atoms with Crippen LogP contribution in [-0.2, 0) is 13.1 Å². The van der Waals surface area contributed by atoms with Crippen LogP contribution in [0.1, 0.15) is 22.8 Å². The first-order valence-electron chi connectivity index (χ1n) is 5.35. The molecule has 2 aromatic rings. The zero-order valence-electron chi connectivity index (χ0n) is 9.64. The van der Waals surface area contributed by atoms with Crippen molar-refractivity contribution in [3.63, 3.8) is 0 Å². The minimum atomic E-state index is 0.573. The summed E-state index contributed by atoms with van der Waals surface area (Å²) in [7, 11) is 0. The highest BCUT2D eigenvalue weighted by atomic mass is 15.3. The Labute approximate surface area is 95.1 Å². The molecular weight excluding hydrogens is 200 g/mol. The van der Waals surface area contributed by atoms with Gasteiger partial charge >= 0.3 is 0 Å². The normalized spacial score (nSPS) is 10.7. The number of benzene rings is 1. The molecule has 1 heterocycles. The van der Waals surface area contributed by atoms with Crippen LogP contribution in [0.5, 0.6) is 0 Å². The fraction of sp³-hybridized carbons (Fsp3) is 0.333. The van der Waals surface area contributed by atoms with Gasteiger partial charge in [-0.25, -0.2) is 9.67 Å². The Balaban J connectivity index is 2.23. The molecule has 0 aliphatic carbocycles. The van der Waals surface area contributed by atoms with Crippen LogP contribution in [0.2, 0.25) is 0 Å². The standard InChI is InChI=1S/C12H16N4/c1-9-14-10(2)16(15-9)8-12-5-3-4-11(6-12)7-13/h3-6H,7-8,13H2,1-2H3. The summed E-state index contributed by atoms with van der Waals surface area (Å²) in [4.78, 5) is 4.28. The van der Waals surface area contributed by atoms with Gasteiger partial charge in [0.2, 0.25) is 0 Å². The van der Waals surface area contributed by atoms with Crippen molar-refractivity contribution in [3.8, 4) is 0 Å². The fourth-order valence-corrected chi connectivity index (χ4v) is 1.74. The number of hydrogen-bond acceptors (Lipinski definition) is 3. The highest BCUT2D eigenvalue weighted by Crippen LogP contribution is 2.07. The third kappa shape index (κ3) is 2.28. The Morgan fingerprint density at radius 1 is 1.25 bits per heavy atom. The van der Waals surface area contributed by atoms with Crippen LogP contribution < -0.4 is 5.73 Å². The molecule has 0 spiro atoms. The second kappa shape index (κ2) is 4.45. The Morgan fingerprint density at radius 3 is 2.62 bits per heavy atom. The number of rotatable bonds is 3. The molecule has 0 fully saturated rings. The average Bonchev–Trinajstić information content (AvgIpc) is 2.58. The maximum atomic E-state index is 5.61. The van der Waals surface area contributed by atoms with Gasteiger partial charge in [-0.1, -0.05) is 24.3 Å². The molecule has 0 aliphatic rings. The highest BCUT2D eigenvalue weighted by molar-refractivity contribution is 5.23. The quantitative estimate of drug-likeness (QED) is 0.843. The molecule has 0 amide bonds. The molecular formula is C12H16N4. The fourth-order valence-electron chi connectivity index (χ4n) is 1.74. The van der Waals surface area contributed by atoms with E-state index in [1.165, 1.54) is 5.56 Å². The molecule has 1 aromatic heterocycles. The summed E-state index contributed by atoms with van der Waals surface area (Å²) in [5.41, 5.74) is 7.96. The van der Waals surface area contributed by atoms with E-state index >= 15 is 0 Å². The molecule has 0 atom stereocenters. The van der Waals surface area contributed by atoms with E-state index in [2.05, 4.69) is 22.2 Å². The van der Waals surface area contributed by atoms with Crippen LogP contribution in [0, 0.1) is 13.8 Å². The summed E-state index contributed by atoms with van der Waals surface area (Å²) in [6.45, 7) is 5.19. The number of nitrogens with zero attached hydrogens (tertiary/aromatic N) is 3. The molecule has 0 aliphatic heterocycles. The third-order valence-corrected chi connectivity index (χ3v) is 2.52. The molecule has 0 radical (unpaired) electrons. The lowest BCUT2D eigenvalue weighted by Crippen LogP contribution is -2.05. The van der Waals surface area contributed by atoms with E-state index in [0.717, 1.165) is 23.8 Å². The number of nitrogens with two attached hydrogens (primary N) is 1. The van der Waals surface area contributed by atoms with Crippen LogP contribution in [-0.4, -0.2) is 14.8 Å². The topological polar surface area (TPSA) is 56.7 Å². The lowest BCUT2D eigenvalue weighted by atomic mass is 10.1. The largest absolute Gasteiger partial charge is 0.326 e. The second-order valence-electron chi connectivity index (χ2n) is 3.89. The van der Waals surface area contributed by atoms with Gasteiger partial charge in [0.25, 0.3) is 0 Å². The van der Waals surface area contributed by atoms with Crippen molar-refractivity contribution in [1.82, 2.24) is 14.8 Å². The predicted octanol–water partition coefficient (Wildman–Crippen LogP) is 1.40. The Morgan fingerprint density at radius 2 is 2.00 bits per heavy atom. The molecule has 0 saturated carbocycles. The zero-order chi connectivity index (χ0) is 11.5. The SMILES string of the molecule is Cc1nc(C)n(Cc2cccc(CN)c2)n1. The van der Waals surface area contributed by atoms with Gasteiger partial charge in [0.05, 0.1) is 6.54 Å². The van der Waals surface area contributed by atoms with Crippen molar-refractivity contribution in [1.29, 1.82) is 0 Å². The third-order valence-electron chi connectivity index (χ3n) is 2.52. The van der Waals surface area contributed by atoms with Crippen molar-refractivity contribution in [2.24, 2.45) is 5.73 Å². The zero-order valence-corrected chi connectivity index (χ0v) is 9.64. The van der Waals surface area contributed by atoms with Crippen LogP contribution in [0.3, 0.4) is 0 Å². The minimum absolute atomic E-state index is 0.573. The molecule has 1 aromatic carbocycles. The first-order chi connectivity index (χ1) is 7.69. The van der Waals surface area contributed by atoms with E-state index < -0.39 is 0 Å². The van der Waals surface area contributed by atoms with Gasteiger partial charge in [-0.05, 0) is 25.0 Å². The molecule has 0 unspecified atom stereocenters. The first kappa shape index (κ1) is 10.8. The lowest BCUT2D eigenvalue weighted by molar-refractivity contribution is 0.655. The second-order valence-corrected chi connectivity index (χ2v) is 3.89. The summed E-state index contributed by atoms with van der Waals surface area (Å²) in [5.74, 6) is 1.75. The van der Waals surface area contributed by atoms with Crippen molar-refractivity contribution in [2.45, 2.75) is 26.9 Å². The van der Waals surface area contributed by atoms with Crippen molar-refractivity contribution in [2.75, 3.05) is 0 Å². The summed E-state index contributed by atoms with van der Waals surface area (Å²) in [6, 6.07) is 8.24. The van der Waals surface area contributed by atoms with Crippen molar-refractivity contribution >= 4 is 0 Å². The van der Waals surface area contributed by atoms with Crippen LogP contribution in [0.25, 0.3) is 0 Å². The Bertz CT molecular complexity index is 488. The molecule has 4 nitrogen and oxygen atoms in total. The van der Waals surface area contributed by atoms with Gasteiger partial charge in [-0.3, -0.25) is 0 Å². The molecule has 16 heavy (non-hydrogen) atoms. The number of aryl methyl sites for hydroxylation is 2. The maximum Gasteiger partial charge on any atom is 0.147 e. The van der Waals surface area contributed by atoms with E-state index in [9.17, 15) is 0 Å². The smallest absolute Gasteiger partial charge is 0.147 e. The van der Waals surface area contributed by atoms with E-state index in [0.29, 0.717) is 6.54 Å². The van der Waals surface area contributed by atoms with E-state index in [1.807, 2.05) is 30.7 Å². The minimum Gasteiger partial charge on any atom is -0.326 e. The summed E-state index contributed by atoms with van der Waals surface area (Å²) in [5, 5.41) is 4.34. The van der Waals surface area contributed by atoms with Crippen LogP contribution in [0.4, 0.5) is 0 Å². The van der Waals surface area contributed by atoms with E-state index in [4.69, 9.17) is 5.73 Å². The van der Waals surface area contributed by atoms with E-state index in [-0.39, 0.29) is 0 Å². The van der Waals surface area contributed by atoms with Crippen molar-refractivity contribution in [3.05, 3.63) is 47.0 Å². The molecule has 84 valence electrons. The summed E-state index contributed by atoms with van der Waals surface area (Å²) >= 11 is 0. The van der Waals surface area contributed by atoms with Gasteiger partial charge < -0.3 is 5.73 Å². The molecule has 0 saturated heterocycles. The Hall–Kier alpha value is -1.68. The van der Waals surface area contributed by atoms with Gasteiger partial charge in [0, 0.05) is 6.54 Å². The monoisotopic (exact) mass is 216 g/mol. The summed E-state index contributed by atoms with van der Waals surface area (Å²) < 4.78 is 1.91.